The molecule has 0 atom stereocenters. The number of fused-ring (bicyclic) bond motifs is 1. The molecule has 0 aliphatic rings. The molecule has 1 aromatic heterocycles. The Hall–Kier alpha value is -1.71. The van der Waals surface area contributed by atoms with Crippen molar-refractivity contribution in [3.05, 3.63) is 35.5 Å². The maximum Gasteiger partial charge on any atom is 0.161 e. The molecule has 0 saturated heterocycles. The van der Waals surface area contributed by atoms with Crippen LogP contribution in [0.2, 0.25) is 0 Å². The molecule has 0 aliphatic carbocycles. The van der Waals surface area contributed by atoms with Crippen LogP contribution in [0.15, 0.2) is 18.2 Å². The van der Waals surface area contributed by atoms with E-state index in [1.165, 1.54) is 0 Å². The monoisotopic (exact) mass is 194 g/mol. The maximum absolute atomic E-state index is 12.9. The lowest BCUT2D eigenvalue weighted by molar-refractivity contribution is 0.510. The lowest BCUT2D eigenvalue weighted by Crippen LogP contribution is -1.94. The van der Waals surface area contributed by atoms with E-state index >= 15 is 0 Å². The normalized spacial score (nSPS) is 10.8. The molecule has 2 rings (SSSR count). The molecule has 1 aromatic carbocycles. The summed E-state index contributed by atoms with van der Waals surface area (Å²) in [4.78, 5) is 4.05. The maximum atomic E-state index is 12.9. The van der Waals surface area contributed by atoms with Crippen LogP contribution in [0.25, 0.3) is 10.9 Å². The highest BCUT2D eigenvalue weighted by Gasteiger charge is 2.07. The summed E-state index contributed by atoms with van der Waals surface area (Å²) >= 11 is 0. The van der Waals surface area contributed by atoms with Crippen molar-refractivity contribution in [2.24, 2.45) is 0 Å². The lowest BCUT2D eigenvalue weighted by atomic mass is 10.1. The Morgan fingerprint density at radius 2 is 1.79 bits per heavy atom. The number of halogens is 2. The first-order valence-electron chi connectivity index (χ1n) is 4.10. The highest BCUT2D eigenvalue weighted by Crippen LogP contribution is 2.22. The minimum Gasteiger partial charge on any atom is -0.398 e. The topological polar surface area (TPSA) is 38.9 Å². The highest BCUT2D eigenvalue weighted by molar-refractivity contribution is 5.90. The van der Waals surface area contributed by atoms with Crippen LogP contribution in [-0.4, -0.2) is 4.98 Å². The standard InChI is InChI=1S/C10H8F2N2/c1-5-2-9(13)6-3-7(11)8(12)4-10(6)14-5/h2-4H,1H3,(H2,13,14). The molecule has 0 saturated carbocycles. The van der Waals surface area contributed by atoms with Crippen LogP contribution < -0.4 is 5.73 Å². The summed E-state index contributed by atoms with van der Waals surface area (Å²) in [6.45, 7) is 1.75. The SMILES string of the molecule is Cc1cc(N)c2cc(F)c(F)cc2n1. The van der Waals surface area contributed by atoms with Gasteiger partial charge in [0, 0.05) is 22.8 Å². The molecule has 72 valence electrons. The van der Waals surface area contributed by atoms with Crippen molar-refractivity contribution >= 4 is 16.6 Å². The number of aryl methyl sites for hydroxylation is 1. The molecule has 0 amide bonds. The molecule has 0 radical (unpaired) electrons. The fourth-order valence-corrected chi connectivity index (χ4v) is 1.39. The van der Waals surface area contributed by atoms with Crippen molar-refractivity contribution in [3.63, 3.8) is 0 Å². The lowest BCUT2D eigenvalue weighted by Gasteiger charge is -2.03. The minimum absolute atomic E-state index is 0.376. The van der Waals surface area contributed by atoms with Crippen molar-refractivity contribution < 1.29 is 8.78 Å². The van der Waals surface area contributed by atoms with Crippen molar-refractivity contribution in [3.8, 4) is 0 Å². The van der Waals surface area contributed by atoms with Gasteiger partial charge >= 0.3 is 0 Å². The average molecular weight is 194 g/mol. The van der Waals surface area contributed by atoms with E-state index in [1.807, 2.05) is 0 Å². The van der Waals surface area contributed by atoms with Gasteiger partial charge in [-0.2, -0.15) is 0 Å². The van der Waals surface area contributed by atoms with Gasteiger partial charge in [0.2, 0.25) is 0 Å². The number of rotatable bonds is 0. The summed E-state index contributed by atoms with van der Waals surface area (Å²) in [5, 5.41) is 0.439. The van der Waals surface area contributed by atoms with Crippen LogP contribution in [0.1, 0.15) is 5.69 Å². The summed E-state index contributed by atoms with van der Waals surface area (Å²) in [5.41, 5.74) is 7.11. The molecule has 0 unspecified atom stereocenters. The molecular weight excluding hydrogens is 186 g/mol. The molecule has 0 fully saturated rings. The van der Waals surface area contributed by atoms with E-state index in [2.05, 4.69) is 4.98 Å². The summed E-state index contributed by atoms with van der Waals surface area (Å²) in [6, 6.07) is 3.74. The first-order valence-corrected chi connectivity index (χ1v) is 4.10. The zero-order chi connectivity index (χ0) is 10.3. The van der Waals surface area contributed by atoms with Gasteiger partial charge in [0.15, 0.2) is 11.6 Å². The zero-order valence-corrected chi connectivity index (χ0v) is 7.51. The van der Waals surface area contributed by atoms with Crippen LogP contribution >= 0.6 is 0 Å². The summed E-state index contributed by atoms with van der Waals surface area (Å²) in [5.74, 6) is -1.81. The number of pyridine rings is 1. The molecule has 0 bridgehead atoms. The van der Waals surface area contributed by atoms with Gasteiger partial charge in [-0.1, -0.05) is 0 Å². The van der Waals surface area contributed by atoms with Crippen LogP contribution in [0.5, 0.6) is 0 Å². The van der Waals surface area contributed by atoms with Gasteiger partial charge in [0.25, 0.3) is 0 Å². The van der Waals surface area contributed by atoms with Crippen LogP contribution in [0, 0.1) is 18.6 Å². The number of aromatic nitrogens is 1. The van der Waals surface area contributed by atoms with Crippen LogP contribution in [0.3, 0.4) is 0 Å². The number of benzene rings is 1. The van der Waals surface area contributed by atoms with E-state index in [0.29, 0.717) is 22.3 Å². The Balaban J connectivity index is 2.89. The largest absolute Gasteiger partial charge is 0.398 e. The second-order valence-electron chi connectivity index (χ2n) is 3.14. The van der Waals surface area contributed by atoms with E-state index < -0.39 is 11.6 Å². The molecule has 0 aliphatic heterocycles. The molecule has 0 spiro atoms. The Labute approximate surface area is 79.4 Å². The highest BCUT2D eigenvalue weighted by atomic mass is 19.2. The van der Waals surface area contributed by atoms with E-state index in [9.17, 15) is 8.78 Å². The average Bonchev–Trinajstić information content (AvgIpc) is 2.08. The second-order valence-corrected chi connectivity index (χ2v) is 3.14. The Morgan fingerprint density at radius 1 is 1.14 bits per heavy atom. The van der Waals surface area contributed by atoms with Gasteiger partial charge in [0.05, 0.1) is 5.52 Å². The predicted molar refractivity (Wildman–Crippen MR) is 50.8 cm³/mol. The minimum atomic E-state index is -0.908. The summed E-state index contributed by atoms with van der Waals surface area (Å²) < 4.78 is 25.7. The van der Waals surface area contributed by atoms with Gasteiger partial charge in [0.1, 0.15) is 0 Å². The second kappa shape index (κ2) is 2.90. The van der Waals surface area contributed by atoms with Gasteiger partial charge < -0.3 is 5.73 Å². The molecule has 4 heteroatoms. The van der Waals surface area contributed by atoms with Crippen molar-refractivity contribution in [2.45, 2.75) is 6.92 Å². The van der Waals surface area contributed by atoms with Crippen molar-refractivity contribution in [2.75, 3.05) is 5.73 Å². The van der Waals surface area contributed by atoms with E-state index in [1.54, 1.807) is 13.0 Å². The summed E-state index contributed by atoms with van der Waals surface area (Å²) in [7, 11) is 0. The number of hydrogen-bond acceptors (Lipinski definition) is 2. The number of nitrogen functional groups attached to an aromatic ring is 1. The molecule has 14 heavy (non-hydrogen) atoms. The van der Waals surface area contributed by atoms with Gasteiger partial charge in [-0.05, 0) is 19.1 Å². The molecular formula is C10H8F2N2. The van der Waals surface area contributed by atoms with Crippen LogP contribution in [0.4, 0.5) is 14.5 Å². The van der Waals surface area contributed by atoms with E-state index in [4.69, 9.17) is 5.73 Å². The first-order chi connectivity index (χ1) is 6.58. The van der Waals surface area contributed by atoms with Gasteiger partial charge in [-0.25, -0.2) is 8.78 Å². The zero-order valence-electron chi connectivity index (χ0n) is 7.51. The Bertz CT molecular complexity index is 509. The third-order valence-corrected chi connectivity index (χ3v) is 2.01. The van der Waals surface area contributed by atoms with E-state index in [-0.39, 0.29) is 0 Å². The number of nitrogens with two attached hydrogens (primary N) is 1. The fourth-order valence-electron chi connectivity index (χ4n) is 1.39. The number of hydrogen-bond donors (Lipinski definition) is 1. The number of anilines is 1. The number of nitrogens with zero attached hydrogens (tertiary/aromatic N) is 1. The predicted octanol–water partition coefficient (Wildman–Crippen LogP) is 2.40. The van der Waals surface area contributed by atoms with Crippen molar-refractivity contribution in [1.82, 2.24) is 4.98 Å². The quantitative estimate of drug-likeness (QED) is 0.699. The van der Waals surface area contributed by atoms with Crippen molar-refractivity contribution in [1.29, 1.82) is 0 Å². The van der Waals surface area contributed by atoms with Gasteiger partial charge in [-0.3, -0.25) is 4.98 Å². The third kappa shape index (κ3) is 1.28. The summed E-state index contributed by atoms with van der Waals surface area (Å²) in [6.07, 6.45) is 0. The van der Waals surface area contributed by atoms with Gasteiger partial charge in [-0.15, -0.1) is 0 Å². The fraction of sp³-hybridized carbons (Fsp3) is 0.100. The van der Waals surface area contributed by atoms with Crippen LogP contribution in [-0.2, 0) is 0 Å². The molecule has 1 heterocycles. The first kappa shape index (κ1) is 8.87. The molecule has 2 nitrogen and oxygen atoms in total. The smallest absolute Gasteiger partial charge is 0.161 e. The Morgan fingerprint density at radius 3 is 2.50 bits per heavy atom. The van der Waals surface area contributed by atoms with E-state index in [0.717, 1.165) is 12.1 Å². The third-order valence-electron chi connectivity index (χ3n) is 2.01. The molecule has 2 N–H and O–H groups in total. The Kier molecular flexibility index (Phi) is 1.84. The molecule has 2 aromatic rings.